The van der Waals surface area contributed by atoms with Crippen molar-refractivity contribution in [2.75, 3.05) is 32.8 Å². The minimum atomic E-state index is -0.437. The van der Waals surface area contributed by atoms with Crippen LogP contribution in [0.4, 0.5) is 0 Å². The van der Waals surface area contributed by atoms with Gasteiger partial charge in [0, 0.05) is 19.0 Å². The molecule has 2 atom stereocenters. The molecule has 21 heavy (non-hydrogen) atoms. The lowest BCUT2D eigenvalue weighted by Crippen LogP contribution is -2.56. The lowest BCUT2D eigenvalue weighted by molar-refractivity contribution is -0.148. The number of rotatable bonds is 5. The lowest BCUT2D eigenvalue weighted by Gasteiger charge is -2.34. The first kappa shape index (κ1) is 14.8. The van der Waals surface area contributed by atoms with Crippen molar-refractivity contribution in [3.8, 4) is 0 Å². The molecule has 2 heterocycles. The Hall–Kier alpha value is -1.14. The molecule has 2 N–H and O–H groups in total. The van der Waals surface area contributed by atoms with Crippen LogP contribution in [0.15, 0.2) is 0 Å². The Morgan fingerprint density at radius 1 is 1.29 bits per heavy atom. The Balaban J connectivity index is 1.51. The van der Waals surface area contributed by atoms with Crippen molar-refractivity contribution in [3.63, 3.8) is 0 Å². The van der Waals surface area contributed by atoms with E-state index in [0.717, 1.165) is 38.8 Å². The molecule has 3 fully saturated rings. The predicted octanol–water partition coefficient (Wildman–Crippen LogP) is -0.118. The predicted molar refractivity (Wildman–Crippen MR) is 77.7 cm³/mol. The fourth-order valence-electron chi connectivity index (χ4n) is 3.08. The van der Waals surface area contributed by atoms with Crippen LogP contribution in [-0.2, 0) is 14.3 Å². The van der Waals surface area contributed by atoms with E-state index >= 15 is 0 Å². The highest BCUT2D eigenvalue weighted by Gasteiger charge is 2.35. The van der Waals surface area contributed by atoms with Crippen LogP contribution >= 0.6 is 0 Å². The first-order valence-electron chi connectivity index (χ1n) is 8.12. The number of amides is 2. The molecule has 0 radical (unpaired) electrons. The molecule has 1 saturated carbocycles. The third-order valence-corrected chi connectivity index (χ3v) is 4.60. The zero-order chi connectivity index (χ0) is 14.7. The monoisotopic (exact) mass is 295 g/mol. The van der Waals surface area contributed by atoms with Gasteiger partial charge >= 0.3 is 0 Å². The molecule has 2 saturated heterocycles. The first-order chi connectivity index (χ1) is 10.2. The molecule has 3 aliphatic rings. The van der Waals surface area contributed by atoms with E-state index in [0.29, 0.717) is 38.1 Å². The number of hydrogen-bond donors (Lipinski definition) is 2. The van der Waals surface area contributed by atoms with Gasteiger partial charge in [-0.2, -0.15) is 0 Å². The Morgan fingerprint density at radius 2 is 2.14 bits per heavy atom. The number of ether oxygens (including phenoxy) is 1. The molecule has 6 heteroatoms. The topological polar surface area (TPSA) is 70.7 Å². The fourth-order valence-corrected chi connectivity index (χ4v) is 3.08. The van der Waals surface area contributed by atoms with Crippen molar-refractivity contribution >= 4 is 11.8 Å². The molecule has 0 bridgehead atoms. The average Bonchev–Trinajstić information content (AvgIpc) is 3.16. The van der Waals surface area contributed by atoms with Crippen LogP contribution in [-0.4, -0.2) is 61.6 Å². The molecule has 2 unspecified atom stereocenters. The van der Waals surface area contributed by atoms with Crippen LogP contribution < -0.4 is 10.6 Å². The largest absolute Gasteiger partial charge is 0.377 e. The van der Waals surface area contributed by atoms with Crippen LogP contribution in [0, 0.1) is 5.92 Å². The van der Waals surface area contributed by atoms with Crippen molar-refractivity contribution in [1.29, 1.82) is 0 Å². The Kier molecular flexibility index (Phi) is 4.75. The van der Waals surface area contributed by atoms with E-state index in [1.54, 1.807) is 4.90 Å². The third kappa shape index (κ3) is 3.95. The van der Waals surface area contributed by atoms with Gasteiger partial charge < -0.3 is 20.3 Å². The summed E-state index contributed by atoms with van der Waals surface area (Å²) >= 11 is 0. The molecule has 0 aromatic rings. The molecular formula is C15H25N3O3. The number of nitrogens with one attached hydrogen (secondary N) is 2. The second-order valence-electron chi connectivity index (χ2n) is 6.36. The van der Waals surface area contributed by atoms with Crippen LogP contribution in [0.3, 0.4) is 0 Å². The number of morpholine rings is 1. The minimum absolute atomic E-state index is 0.0481. The van der Waals surface area contributed by atoms with Crippen LogP contribution in [0.1, 0.15) is 32.1 Å². The highest BCUT2D eigenvalue weighted by atomic mass is 16.5. The van der Waals surface area contributed by atoms with Gasteiger partial charge in [0.1, 0.15) is 6.04 Å². The molecule has 3 rings (SSSR count). The molecule has 0 aromatic heterocycles. The fraction of sp³-hybridized carbons (Fsp3) is 0.867. The number of carbonyl (C=O) groups excluding carboxylic acids is 2. The van der Waals surface area contributed by atoms with E-state index < -0.39 is 6.04 Å². The molecule has 0 spiro atoms. The summed E-state index contributed by atoms with van der Waals surface area (Å²) in [6.07, 6.45) is 4.73. The normalized spacial score (nSPS) is 29.4. The summed E-state index contributed by atoms with van der Waals surface area (Å²) < 4.78 is 5.40. The van der Waals surface area contributed by atoms with E-state index in [-0.39, 0.29) is 11.8 Å². The van der Waals surface area contributed by atoms with Crippen LogP contribution in [0.25, 0.3) is 0 Å². The SMILES string of the molecule is O=C(NC1CC1)C1COCCN1C(=O)CCC1CCNC1. The van der Waals surface area contributed by atoms with Crippen LogP contribution in [0.2, 0.25) is 0 Å². The van der Waals surface area contributed by atoms with E-state index in [2.05, 4.69) is 10.6 Å². The second-order valence-corrected chi connectivity index (χ2v) is 6.36. The summed E-state index contributed by atoms with van der Waals surface area (Å²) in [5, 5.41) is 6.30. The zero-order valence-electron chi connectivity index (χ0n) is 12.5. The first-order valence-corrected chi connectivity index (χ1v) is 8.12. The molecule has 2 aliphatic heterocycles. The van der Waals surface area contributed by atoms with Gasteiger partial charge in [0.25, 0.3) is 0 Å². The van der Waals surface area contributed by atoms with Gasteiger partial charge in [-0.25, -0.2) is 0 Å². The van der Waals surface area contributed by atoms with Gasteiger partial charge in [0.15, 0.2) is 0 Å². The maximum atomic E-state index is 12.4. The summed E-state index contributed by atoms with van der Waals surface area (Å²) in [7, 11) is 0. The maximum Gasteiger partial charge on any atom is 0.245 e. The summed E-state index contributed by atoms with van der Waals surface area (Å²) in [5.74, 6) is 0.656. The summed E-state index contributed by atoms with van der Waals surface area (Å²) in [4.78, 5) is 26.4. The Labute approximate surface area is 125 Å². The molecule has 118 valence electrons. The van der Waals surface area contributed by atoms with Crippen molar-refractivity contribution in [1.82, 2.24) is 15.5 Å². The zero-order valence-corrected chi connectivity index (χ0v) is 12.5. The van der Waals surface area contributed by atoms with Crippen molar-refractivity contribution in [3.05, 3.63) is 0 Å². The molecule has 0 aromatic carbocycles. The number of nitrogens with zero attached hydrogens (tertiary/aromatic N) is 1. The highest BCUT2D eigenvalue weighted by Crippen LogP contribution is 2.21. The smallest absolute Gasteiger partial charge is 0.245 e. The van der Waals surface area contributed by atoms with Gasteiger partial charge in [-0.1, -0.05) is 0 Å². The highest BCUT2D eigenvalue weighted by molar-refractivity contribution is 5.88. The third-order valence-electron chi connectivity index (χ3n) is 4.60. The molecule has 6 nitrogen and oxygen atoms in total. The maximum absolute atomic E-state index is 12.4. The Bertz CT molecular complexity index is 392. The van der Waals surface area contributed by atoms with E-state index in [9.17, 15) is 9.59 Å². The minimum Gasteiger partial charge on any atom is -0.377 e. The molecule has 1 aliphatic carbocycles. The van der Waals surface area contributed by atoms with Gasteiger partial charge in [0.05, 0.1) is 13.2 Å². The van der Waals surface area contributed by atoms with Crippen molar-refractivity contribution in [2.24, 2.45) is 5.92 Å². The Morgan fingerprint density at radius 3 is 2.86 bits per heavy atom. The second kappa shape index (κ2) is 6.75. The summed E-state index contributed by atoms with van der Waals surface area (Å²) in [6, 6.07) is -0.116. The van der Waals surface area contributed by atoms with Crippen molar-refractivity contribution in [2.45, 2.75) is 44.2 Å². The van der Waals surface area contributed by atoms with Gasteiger partial charge in [-0.15, -0.1) is 0 Å². The van der Waals surface area contributed by atoms with Crippen molar-refractivity contribution < 1.29 is 14.3 Å². The summed E-state index contributed by atoms with van der Waals surface area (Å²) in [6.45, 7) is 3.47. The molecular weight excluding hydrogens is 270 g/mol. The molecule has 2 amide bonds. The van der Waals surface area contributed by atoms with E-state index in [1.807, 2.05) is 0 Å². The van der Waals surface area contributed by atoms with Gasteiger partial charge in [-0.3, -0.25) is 9.59 Å². The standard InChI is InChI=1S/C15H25N3O3/c19-14(4-1-11-5-6-16-9-11)18-7-8-21-10-13(18)15(20)17-12-2-3-12/h11-13,16H,1-10H2,(H,17,20). The quantitative estimate of drug-likeness (QED) is 0.742. The number of carbonyl (C=O) groups is 2. The van der Waals surface area contributed by atoms with Gasteiger partial charge in [0.2, 0.25) is 11.8 Å². The van der Waals surface area contributed by atoms with Crippen LogP contribution in [0.5, 0.6) is 0 Å². The van der Waals surface area contributed by atoms with E-state index in [4.69, 9.17) is 4.74 Å². The average molecular weight is 295 g/mol. The summed E-state index contributed by atoms with van der Waals surface area (Å²) in [5.41, 5.74) is 0. The van der Waals surface area contributed by atoms with Gasteiger partial charge in [-0.05, 0) is 44.7 Å². The lowest BCUT2D eigenvalue weighted by atomic mass is 10.0. The number of hydrogen-bond acceptors (Lipinski definition) is 4. The van der Waals surface area contributed by atoms with E-state index in [1.165, 1.54) is 0 Å².